The molecule has 1 amide bonds. The molecule has 0 bridgehead atoms. The first kappa shape index (κ1) is 17.3. The fourth-order valence-electron chi connectivity index (χ4n) is 3.82. The number of aromatic nitrogens is 4. The van der Waals surface area contributed by atoms with Gasteiger partial charge in [0.05, 0.1) is 11.9 Å². The van der Waals surface area contributed by atoms with Crippen LogP contribution in [0.25, 0.3) is 5.78 Å². The molecule has 4 rings (SSSR count). The molecule has 0 saturated carbocycles. The van der Waals surface area contributed by atoms with Crippen molar-refractivity contribution in [3.05, 3.63) is 18.2 Å². The summed E-state index contributed by atoms with van der Waals surface area (Å²) in [6.07, 6.45) is 6.71. The number of hydrogen-bond donors (Lipinski definition) is 0. The number of carbonyl (C=O) groups excluding carboxylic acids is 1. The highest BCUT2D eigenvalue weighted by atomic mass is 32.2. The van der Waals surface area contributed by atoms with E-state index in [0.717, 1.165) is 31.9 Å². The zero-order valence-electron chi connectivity index (χ0n) is 14.5. The Morgan fingerprint density at radius 3 is 2.85 bits per heavy atom. The molecule has 2 aromatic heterocycles. The number of likely N-dealkylation sites (tertiary alicyclic amines) is 1. The van der Waals surface area contributed by atoms with E-state index in [1.807, 2.05) is 0 Å². The van der Waals surface area contributed by atoms with Crippen LogP contribution < -0.4 is 0 Å². The predicted octanol–water partition coefficient (Wildman–Crippen LogP) is 0.413. The second-order valence-electron chi connectivity index (χ2n) is 6.88. The molecule has 2 atom stereocenters. The van der Waals surface area contributed by atoms with Gasteiger partial charge < -0.3 is 9.64 Å². The Balaban J connectivity index is 1.70. The summed E-state index contributed by atoms with van der Waals surface area (Å²) in [6, 6.07) is 0. The number of ether oxygens (including phenoxy) is 1. The first-order chi connectivity index (χ1) is 12.4. The summed E-state index contributed by atoms with van der Waals surface area (Å²) in [4.78, 5) is 22.8. The van der Waals surface area contributed by atoms with E-state index < -0.39 is 9.84 Å². The van der Waals surface area contributed by atoms with Crippen LogP contribution in [0.3, 0.4) is 0 Å². The van der Waals surface area contributed by atoms with Gasteiger partial charge in [-0.05, 0) is 25.7 Å². The molecular formula is C16H21N5O4S. The van der Waals surface area contributed by atoms with Crippen molar-refractivity contribution < 1.29 is 17.9 Å². The van der Waals surface area contributed by atoms with Crippen molar-refractivity contribution in [3.8, 4) is 0 Å². The molecule has 2 aromatic rings. The predicted molar refractivity (Wildman–Crippen MR) is 91.4 cm³/mol. The minimum atomic E-state index is -3.48. The molecule has 2 aliphatic heterocycles. The smallest absolute Gasteiger partial charge is 0.252 e. The lowest BCUT2D eigenvalue weighted by molar-refractivity contribution is -0.142. The number of fused-ring (bicyclic) bond motifs is 1. The Bertz CT molecular complexity index is 935. The minimum Gasteiger partial charge on any atom is -0.368 e. The average molecular weight is 379 g/mol. The van der Waals surface area contributed by atoms with Crippen LogP contribution in [-0.2, 0) is 19.4 Å². The van der Waals surface area contributed by atoms with Gasteiger partial charge in [0.25, 0.3) is 11.7 Å². The molecule has 2 aliphatic rings. The summed E-state index contributed by atoms with van der Waals surface area (Å²) < 4.78 is 31.6. The van der Waals surface area contributed by atoms with Gasteiger partial charge in [-0.2, -0.15) is 14.6 Å². The van der Waals surface area contributed by atoms with E-state index in [2.05, 4.69) is 15.1 Å². The van der Waals surface area contributed by atoms with E-state index in [0.29, 0.717) is 31.2 Å². The van der Waals surface area contributed by atoms with Gasteiger partial charge in [-0.15, -0.1) is 0 Å². The third kappa shape index (κ3) is 3.07. The van der Waals surface area contributed by atoms with E-state index in [4.69, 9.17) is 4.74 Å². The maximum absolute atomic E-state index is 12.7. The number of amides is 1. The van der Waals surface area contributed by atoms with Crippen LogP contribution in [0.1, 0.15) is 37.3 Å². The second-order valence-corrected chi connectivity index (χ2v) is 8.86. The van der Waals surface area contributed by atoms with Gasteiger partial charge >= 0.3 is 0 Å². The lowest BCUT2D eigenvalue weighted by Crippen LogP contribution is -2.44. The van der Waals surface area contributed by atoms with Crippen LogP contribution >= 0.6 is 0 Å². The molecule has 10 heteroatoms. The fourth-order valence-corrected chi connectivity index (χ4v) is 4.69. The van der Waals surface area contributed by atoms with Crippen LogP contribution in [0.15, 0.2) is 17.4 Å². The van der Waals surface area contributed by atoms with Crippen LogP contribution in [-0.4, -0.2) is 70.9 Å². The number of nitrogens with zero attached hydrogens (tertiary/aromatic N) is 5. The Hall–Kier alpha value is -2.07. The standard InChI is InChI=1S/C16H21N5O4S/c1-26(23,24)13-8-17-16-18-10-19-21(16)14(13)11-4-2-6-20(9-11)15(22)12-5-3-7-25-12/h8,10-12H,2-7,9H2,1H3/t11-,12+/m1/s1. The average Bonchev–Trinajstić information content (AvgIpc) is 3.30. The van der Waals surface area contributed by atoms with E-state index >= 15 is 0 Å². The quantitative estimate of drug-likeness (QED) is 0.760. The number of hydrogen-bond acceptors (Lipinski definition) is 7. The van der Waals surface area contributed by atoms with Gasteiger partial charge in [0.2, 0.25) is 0 Å². The Morgan fingerprint density at radius 2 is 2.12 bits per heavy atom. The molecule has 26 heavy (non-hydrogen) atoms. The SMILES string of the molecule is CS(=O)(=O)c1cnc2ncnn2c1[C@@H]1CCCN(C(=O)[C@@H]2CCCO2)C1. The topological polar surface area (TPSA) is 107 Å². The number of sulfone groups is 1. The zero-order chi connectivity index (χ0) is 18.3. The molecule has 0 spiro atoms. The second kappa shape index (κ2) is 6.58. The zero-order valence-corrected chi connectivity index (χ0v) is 15.4. The summed E-state index contributed by atoms with van der Waals surface area (Å²) in [5.74, 6) is 0.206. The van der Waals surface area contributed by atoms with Crippen LogP contribution in [0.5, 0.6) is 0 Å². The number of piperidine rings is 1. The van der Waals surface area contributed by atoms with E-state index in [1.54, 1.807) is 4.90 Å². The minimum absolute atomic E-state index is 0.00278. The van der Waals surface area contributed by atoms with Gasteiger partial charge in [0.15, 0.2) is 9.84 Å². The molecule has 0 aliphatic carbocycles. The first-order valence-corrected chi connectivity index (χ1v) is 10.6. The molecule has 2 saturated heterocycles. The Kier molecular flexibility index (Phi) is 4.39. The van der Waals surface area contributed by atoms with Gasteiger partial charge in [-0.3, -0.25) is 4.79 Å². The van der Waals surface area contributed by atoms with Crippen molar-refractivity contribution in [1.82, 2.24) is 24.5 Å². The fraction of sp³-hybridized carbons (Fsp3) is 0.625. The van der Waals surface area contributed by atoms with Gasteiger partial charge in [0, 0.05) is 31.9 Å². The van der Waals surface area contributed by atoms with Crippen molar-refractivity contribution in [2.24, 2.45) is 0 Å². The molecule has 2 fully saturated rings. The highest BCUT2D eigenvalue weighted by Crippen LogP contribution is 2.32. The maximum Gasteiger partial charge on any atom is 0.252 e. The monoisotopic (exact) mass is 379 g/mol. The molecule has 0 N–H and O–H groups in total. The van der Waals surface area contributed by atoms with Crippen molar-refractivity contribution in [2.75, 3.05) is 26.0 Å². The lowest BCUT2D eigenvalue weighted by atomic mass is 9.94. The summed E-state index contributed by atoms with van der Waals surface area (Å²) in [5.41, 5.74) is 0.555. The third-order valence-corrected chi connectivity index (χ3v) is 6.15. The molecule has 4 heterocycles. The molecule has 0 aromatic carbocycles. The molecule has 9 nitrogen and oxygen atoms in total. The maximum atomic E-state index is 12.7. The molecule has 140 valence electrons. The Labute approximate surface area is 151 Å². The van der Waals surface area contributed by atoms with Crippen LogP contribution in [0.4, 0.5) is 0 Å². The first-order valence-electron chi connectivity index (χ1n) is 8.74. The van der Waals surface area contributed by atoms with Crippen LogP contribution in [0.2, 0.25) is 0 Å². The highest BCUT2D eigenvalue weighted by molar-refractivity contribution is 7.90. The van der Waals surface area contributed by atoms with Crippen molar-refractivity contribution in [1.29, 1.82) is 0 Å². The normalized spacial score (nSPS) is 24.3. The number of rotatable bonds is 3. The van der Waals surface area contributed by atoms with Crippen LogP contribution in [0, 0.1) is 0 Å². The highest BCUT2D eigenvalue weighted by Gasteiger charge is 2.34. The van der Waals surface area contributed by atoms with Crippen molar-refractivity contribution in [2.45, 2.75) is 42.6 Å². The largest absolute Gasteiger partial charge is 0.368 e. The van der Waals surface area contributed by atoms with Crippen molar-refractivity contribution >= 4 is 21.5 Å². The number of carbonyl (C=O) groups is 1. The molecule has 0 unspecified atom stereocenters. The molecule has 0 radical (unpaired) electrons. The van der Waals surface area contributed by atoms with Gasteiger partial charge in [-0.1, -0.05) is 0 Å². The van der Waals surface area contributed by atoms with E-state index in [-0.39, 0.29) is 22.8 Å². The molecular weight excluding hydrogens is 358 g/mol. The van der Waals surface area contributed by atoms with Gasteiger partial charge in [-0.25, -0.2) is 13.4 Å². The van der Waals surface area contributed by atoms with E-state index in [9.17, 15) is 13.2 Å². The van der Waals surface area contributed by atoms with E-state index in [1.165, 1.54) is 17.0 Å². The van der Waals surface area contributed by atoms with Crippen molar-refractivity contribution in [3.63, 3.8) is 0 Å². The summed E-state index contributed by atoms with van der Waals surface area (Å²) in [6.45, 7) is 1.73. The Morgan fingerprint density at radius 1 is 1.27 bits per heavy atom. The summed E-state index contributed by atoms with van der Waals surface area (Å²) in [7, 11) is -3.48. The third-order valence-electron chi connectivity index (χ3n) is 5.03. The lowest BCUT2D eigenvalue weighted by Gasteiger charge is -2.34. The van der Waals surface area contributed by atoms with Gasteiger partial charge in [0.1, 0.15) is 17.3 Å². The summed E-state index contributed by atoms with van der Waals surface area (Å²) >= 11 is 0. The summed E-state index contributed by atoms with van der Waals surface area (Å²) in [5, 5.41) is 4.17.